The summed E-state index contributed by atoms with van der Waals surface area (Å²) in [5, 5.41) is 0. The molecule has 0 heterocycles. The molecule has 0 saturated heterocycles. The van der Waals surface area contributed by atoms with Crippen LogP contribution in [-0.4, -0.2) is 30.2 Å². The van der Waals surface area contributed by atoms with Gasteiger partial charge in [0.25, 0.3) is 0 Å². The molecule has 0 aliphatic carbocycles. The summed E-state index contributed by atoms with van der Waals surface area (Å²) >= 11 is 3.14. The average Bonchev–Trinajstić information content (AvgIpc) is 2.65. The van der Waals surface area contributed by atoms with Gasteiger partial charge in [0.1, 0.15) is 0 Å². The van der Waals surface area contributed by atoms with Gasteiger partial charge in [0, 0.05) is 5.57 Å². The Labute approximate surface area is 185 Å². The van der Waals surface area contributed by atoms with Crippen molar-refractivity contribution in [3.05, 3.63) is 11.1 Å². The fraction of sp³-hybridized carbons (Fsp3) is 0.880. The normalized spacial score (nSPS) is 12.5. The van der Waals surface area contributed by atoms with Gasteiger partial charge in [0.15, 0.2) is 0 Å². The van der Waals surface area contributed by atoms with E-state index in [2.05, 4.69) is 41.8 Å². The Morgan fingerprint density at radius 1 is 0.679 bits per heavy atom. The molecule has 166 valence electrons. The number of nitrogens with zero attached hydrogens (tertiary/aromatic N) is 1. The standard InChI is InChI=1S/C25H48BrNO/c1-5-6-7-8-9-10-11-12-13-14-15-16-17-18-20-24(23(2)25(26)28)21-19-22-27(3)4/h5-22H2,1-4H3. The van der Waals surface area contributed by atoms with Crippen molar-refractivity contribution in [1.82, 2.24) is 4.90 Å². The lowest BCUT2D eigenvalue weighted by atomic mass is 9.97. The zero-order valence-electron chi connectivity index (χ0n) is 19.5. The maximum Gasteiger partial charge on any atom is 0.223 e. The van der Waals surface area contributed by atoms with Crippen LogP contribution in [0.5, 0.6) is 0 Å². The summed E-state index contributed by atoms with van der Waals surface area (Å²) in [6.45, 7) is 5.35. The fourth-order valence-electron chi connectivity index (χ4n) is 3.78. The van der Waals surface area contributed by atoms with E-state index in [0.717, 1.165) is 31.4 Å². The monoisotopic (exact) mass is 457 g/mol. The minimum atomic E-state index is 0.0673. The van der Waals surface area contributed by atoms with Gasteiger partial charge in [-0.3, -0.25) is 4.79 Å². The van der Waals surface area contributed by atoms with Gasteiger partial charge in [-0.15, -0.1) is 0 Å². The number of halogens is 1. The van der Waals surface area contributed by atoms with E-state index in [1.54, 1.807) is 0 Å². The highest BCUT2D eigenvalue weighted by molar-refractivity contribution is 9.18. The van der Waals surface area contributed by atoms with Gasteiger partial charge in [0.2, 0.25) is 4.69 Å². The molecule has 0 spiro atoms. The Morgan fingerprint density at radius 3 is 1.46 bits per heavy atom. The molecule has 3 heteroatoms. The minimum Gasteiger partial charge on any atom is -0.309 e. The van der Waals surface area contributed by atoms with Crippen LogP contribution in [-0.2, 0) is 4.79 Å². The molecule has 0 aromatic rings. The van der Waals surface area contributed by atoms with Crippen LogP contribution in [0.25, 0.3) is 0 Å². The number of unbranched alkanes of at least 4 members (excludes halogenated alkanes) is 13. The number of carbonyl (C=O) groups is 1. The van der Waals surface area contributed by atoms with Gasteiger partial charge in [0.05, 0.1) is 0 Å². The van der Waals surface area contributed by atoms with Crippen molar-refractivity contribution in [3.8, 4) is 0 Å². The maximum atomic E-state index is 11.7. The van der Waals surface area contributed by atoms with Gasteiger partial charge >= 0.3 is 0 Å². The topological polar surface area (TPSA) is 20.3 Å². The van der Waals surface area contributed by atoms with Gasteiger partial charge in [-0.05, 0) is 69.2 Å². The van der Waals surface area contributed by atoms with Crippen LogP contribution in [0.15, 0.2) is 11.1 Å². The third kappa shape index (κ3) is 17.9. The number of allylic oxidation sites excluding steroid dienone is 2. The van der Waals surface area contributed by atoms with Crippen LogP contribution < -0.4 is 0 Å². The molecule has 0 aliphatic rings. The van der Waals surface area contributed by atoms with Crippen molar-refractivity contribution in [2.45, 2.75) is 123 Å². The van der Waals surface area contributed by atoms with E-state index in [4.69, 9.17) is 0 Å². The van der Waals surface area contributed by atoms with Crippen LogP contribution in [0.1, 0.15) is 123 Å². The van der Waals surface area contributed by atoms with Crippen molar-refractivity contribution in [3.63, 3.8) is 0 Å². The highest BCUT2D eigenvalue weighted by atomic mass is 79.9. The predicted molar refractivity (Wildman–Crippen MR) is 129 cm³/mol. The number of hydrogen-bond donors (Lipinski definition) is 0. The van der Waals surface area contributed by atoms with E-state index in [-0.39, 0.29) is 4.69 Å². The van der Waals surface area contributed by atoms with E-state index in [1.807, 2.05) is 6.92 Å². The van der Waals surface area contributed by atoms with E-state index < -0.39 is 0 Å². The Kier molecular flexibility index (Phi) is 20.0. The van der Waals surface area contributed by atoms with Crippen LogP contribution in [0.2, 0.25) is 0 Å². The van der Waals surface area contributed by atoms with Crippen molar-refractivity contribution in [2.24, 2.45) is 0 Å². The quantitative estimate of drug-likeness (QED) is 0.104. The molecule has 2 nitrogen and oxygen atoms in total. The zero-order chi connectivity index (χ0) is 21.0. The predicted octanol–water partition coefficient (Wildman–Crippen LogP) is 8.44. The summed E-state index contributed by atoms with van der Waals surface area (Å²) < 4.78 is 0.0673. The number of rotatable bonds is 20. The van der Waals surface area contributed by atoms with Crippen molar-refractivity contribution in [1.29, 1.82) is 0 Å². The first kappa shape index (κ1) is 27.8. The Balaban J connectivity index is 3.67. The summed E-state index contributed by atoms with van der Waals surface area (Å²) in [4.78, 5) is 13.9. The average molecular weight is 459 g/mol. The summed E-state index contributed by atoms with van der Waals surface area (Å²) in [5.41, 5.74) is 2.30. The highest BCUT2D eigenvalue weighted by Crippen LogP contribution is 2.22. The zero-order valence-corrected chi connectivity index (χ0v) is 21.0. The molecule has 0 aromatic carbocycles. The maximum absolute atomic E-state index is 11.7. The van der Waals surface area contributed by atoms with Crippen LogP contribution in [0, 0.1) is 0 Å². The molecule has 0 aromatic heterocycles. The lowest BCUT2D eigenvalue weighted by Crippen LogP contribution is -2.13. The first-order valence-corrected chi connectivity index (χ1v) is 12.8. The molecule has 0 fully saturated rings. The largest absolute Gasteiger partial charge is 0.309 e. The lowest BCUT2D eigenvalue weighted by Gasteiger charge is -2.13. The first-order valence-electron chi connectivity index (χ1n) is 12.0. The molecular weight excluding hydrogens is 410 g/mol. The third-order valence-electron chi connectivity index (χ3n) is 5.74. The highest BCUT2D eigenvalue weighted by Gasteiger charge is 2.08. The van der Waals surface area contributed by atoms with Gasteiger partial charge < -0.3 is 4.90 Å². The molecule has 0 amide bonds. The molecule has 0 bridgehead atoms. The van der Waals surface area contributed by atoms with E-state index in [9.17, 15) is 4.79 Å². The number of carbonyl (C=O) groups excluding carboxylic acids is 1. The summed E-state index contributed by atoms with van der Waals surface area (Å²) in [6.07, 6.45) is 22.8. The third-order valence-corrected chi connectivity index (χ3v) is 6.34. The molecule has 0 atom stereocenters. The van der Waals surface area contributed by atoms with E-state index in [0.29, 0.717) is 0 Å². The van der Waals surface area contributed by atoms with E-state index in [1.165, 1.54) is 95.5 Å². The Hall–Kier alpha value is -0.150. The van der Waals surface area contributed by atoms with Gasteiger partial charge in [-0.2, -0.15) is 0 Å². The van der Waals surface area contributed by atoms with Gasteiger partial charge in [-0.25, -0.2) is 0 Å². The molecule has 0 rings (SSSR count). The minimum absolute atomic E-state index is 0.0673. The molecule has 0 aliphatic heterocycles. The lowest BCUT2D eigenvalue weighted by molar-refractivity contribution is -0.107. The second-order valence-corrected chi connectivity index (χ2v) is 9.48. The molecular formula is C25H48BrNO. The van der Waals surface area contributed by atoms with Crippen molar-refractivity contribution >= 4 is 20.6 Å². The second-order valence-electron chi connectivity index (χ2n) is 8.76. The molecule has 0 N–H and O–H groups in total. The van der Waals surface area contributed by atoms with Crippen molar-refractivity contribution < 1.29 is 4.79 Å². The Bertz CT molecular complexity index is 403. The molecule has 28 heavy (non-hydrogen) atoms. The van der Waals surface area contributed by atoms with E-state index >= 15 is 0 Å². The van der Waals surface area contributed by atoms with Gasteiger partial charge in [-0.1, -0.05) is 96.0 Å². The molecule has 0 radical (unpaired) electrons. The van der Waals surface area contributed by atoms with Crippen LogP contribution in [0.3, 0.4) is 0 Å². The SMILES string of the molecule is CCCCCCCCCCCCCCCCC(CCCN(C)C)=C(C)C(=O)Br. The van der Waals surface area contributed by atoms with Crippen LogP contribution in [0.4, 0.5) is 0 Å². The summed E-state index contributed by atoms with van der Waals surface area (Å²) in [6, 6.07) is 0. The van der Waals surface area contributed by atoms with Crippen LogP contribution >= 0.6 is 15.9 Å². The molecule has 0 unspecified atom stereocenters. The fourth-order valence-corrected chi connectivity index (χ4v) is 4.06. The smallest absolute Gasteiger partial charge is 0.223 e. The summed E-state index contributed by atoms with van der Waals surface area (Å²) in [7, 11) is 4.22. The first-order chi connectivity index (χ1) is 13.5. The summed E-state index contributed by atoms with van der Waals surface area (Å²) in [5.74, 6) is 0. The molecule has 0 saturated carbocycles. The Morgan fingerprint density at radius 2 is 1.07 bits per heavy atom. The number of hydrogen-bond acceptors (Lipinski definition) is 2. The van der Waals surface area contributed by atoms with Crippen molar-refractivity contribution in [2.75, 3.05) is 20.6 Å². The second kappa shape index (κ2) is 20.1.